The Morgan fingerprint density at radius 1 is 1.12 bits per heavy atom. The van der Waals surface area contributed by atoms with E-state index in [4.69, 9.17) is 0 Å². The van der Waals surface area contributed by atoms with Crippen molar-refractivity contribution in [2.75, 3.05) is 10.8 Å². The van der Waals surface area contributed by atoms with Gasteiger partial charge in [0, 0.05) is 0 Å². The van der Waals surface area contributed by atoms with Crippen molar-refractivity contribution in [1.82, 2.24) is 4.72 Å². The largest absolute Gasteiger partial charge is 0.506 e. The first-order valence-corrected chi connectivity index (χ1v) is 9.25. The number of nitrogens with zero attached hydrogens (tertiary/aromatic N) is 1. The summed E-state index contributed by atoms with van der Waals surface area (Å²) in [6.45, 7) is -0.567. The van der Waals surface area contributed by atoms with Crippen LogP contribution in [0.1, 0.15) is 24.3 Å². The van der Waals surface area contributed by atoms with Crippen molar-refractivity contribution in [2.45, 2.75) is 18.8 Å². The second-order valence-corrected chi connectivity index (χ2v) is 7.85. The Kier molecular flexibility index (Phi) is 3.47. The van der Waals surface area contributed by atoms with E-state index in [1.165, 1.54) is 24.5 Å². The van der Waals surface area contributed by atoms with Gasteiger partial charge in [-0.15, -0.1) is 0 Å². The summed E-state index contributed by atoms with van der Waals surface area (Å²) in [5.74, 6) is -1.63. The van der Waals surface area contributed by atoms with Gasteiger partial charge in [-0.3, -0.25) is 4.79 Å². The Hall–Kier alpha value is -2.61. The quantitative estimate of drug-likeness (QED) is 0.877. The fourth-order valence-corrected chi connectivity index (χ4v) is 4.18. The minimum Gasteiger partial charge on any atom is -0.506 e. The topological polar surface area (TPSA) is 86.7 Å². The molecule has 2 aromatic rings. The monoisotopic (exact) mass is 362 g/mol. The molecule has 1 amide bonds. The summed E-state index contributed by atoms with van der Waals surface area (Å²) in [5, 5.41) is 10.2. The van der Waals surface area contributed by atoms with Crippen molar-refractivity contribution in [3.8, 4) is 16.9 Å². The first-order valence-electron chi connectivity index (χ1n) is 7.81. The van der Waals surface area contributed by atoms with E-state index in [0.29, 0.717) is 21.4 Å². The smallest absolute Gasteiger partial charge is 0.326 e. The van der Waals surface area contributed by atoms with Crippen molar-refractivity contribution in [2.24, 2.45) is 0 Å². The molecule has 1 aliphatic carbocycles. The van der Waals surface area contributed by atoms with Crippen LogP contribution < -0.4 is 9.03 Å². The molecule has 1 saturated carbocycles. The number of carbonyl (C=O) groups is 1. The Bertz CT molecular complexity index is 946. The van der Waals surface area contributed by atoms with Crippen LogP contribution in [0.3, 0.4) is 0 Å². The van der Waals surface area contributed by atoms with Gasteiger partial charge in [-0.05, 0) is 47.6 Å². The molecule has 0 bridgehead atoms. The van der Waals surface area contributed by atoms with Crippen LogP contribution in [0.5, 0.6) is 5.75 Å². The van der Waals surface area contributed by atoms with Gasteiger partial charge in [0.1, 0.15) is 18.0 Å². The van der Waals surface area contributed by atoms with Crippen LogP contribution in [0.15, 0.2) is 36.4 Å². The highest BCUT2D eigenvalue weighted by Gasteiger charge is 2.37. The number of halogens is 1. The number of carbonyl (C=O) groups excluding carboxylic acids is 1. The van der Waals surface area contributed by atoms with Crippen LogP contribution >= 0.6 is 0 Å². The van der Waals surface area contributed by atoms with E-state index in [0.717, 1.165) is 6.07 Å². The van der Waals surface area contributed by atoms with Gasteiger partial charge in [-0.25, -0.2) is 13.4 Å². The van der Waals surface area contributed by atoms with E-state index in [1.807, 2.05) is 24.3 Å². The molecule has 25 heavy (non-hydrogen) atoms. The number of anilines is 1. The number of benzene rings is 2. The predicted octanol–water partition coefficient (Wildman–Crippen LogP) is 2.26. The molecule has 0 radical (unpaired) electrons. The van der Waals surface area contributed by atoms with E-state index in [2.05, 4.69) is 0 Å². The molecule has 2 aliphatic rings. The second-order valence-electron chi connectivity index (χ2n) is 6.26. The highest BCUT2D eigenvalue weighted by Crippen LogP contribution is 2.41. The first kappa shape index (κ1) is 15.9. The van der Waals surface area contributed by atoms with Crippen molar-refractivity contribution < 1.29 is 22.7 Å². The highest BCUT2D eigenvalue weighted by molar-refractivity contribution is 7.92. The van der Waals surface area contributed by atoms with Crippen molar-refractivity contribution in [3.05, 3.63) is 47.8 Å². The zero-order valence-corrected chi connectivity index (χ0v) is 13.9. The normalized spacial score (nSPS) is 19.1. The Labute approximate surface area is 144 Å². The number of amides is 1. The van der Waals surface area contributed by atoms with Gasteiger partial charge in [-0.2, -0.15) is 8.42 Å². The molecule has 2 N–H and O–H groups in total. The Morgan fingerprint density at radius 2 is 1.80 bits per heavy atom. The van der Waals surface area contributed by atoms with E-state index in [9.17, 15) is 22.7 Å². The minimum atomic E-state index is -4.19. The summed E-state index contributed by atoms with van der Waals surface area (Å²) in [6, 6.07) is 10.1. The zero-order valence-electron chi connectivity index (χ0n) is 13.1. The lowest BCUT2D eigenvalue weighted by Crippen LogP contribution is -2.30. The van der Waals surface area contributed by atoms with E-state index in [-0.39, 0.29) is 0 Å². The average Bonchev–Trinajstić information content (AvgIpc) is 3.34. The molecule has 2 fully saturated rings. The third-order valence-corrected chi connectivity index (χ3v) is 5.78. The zero-order chi connectivity index (χ0) is 17.8. The summed E-state index contributed by atoms with van der Waals surface area (Å²) in [4.78, 5) is 11.3. The highest BCUT2D eigenvalue weighted by atomic mass is 32.2. The molecule has 0 unspecified atom stereocenters. The third-order valence-electron chi connectivity index (χ3n) is 4.41. The number of phenols is 1. The summed E-state index contributed by atoms with van der Waals surface area (Å²) >= 11 is 0. The van der Waals surface area contributed by atoms with Crippen LogP contribution in [-0.2, 0) is 15.0 Å². The van der Waals surface area contributed by atoms with Gasteiger partial charge in [0.05, 0.1) is 0 Å². The number of phenolic OH excluding ortho intramolecular Hbond substituents is 1. The molecule has 0 spiro atoms. The predicted molar refractivity (Wildman–Crippen MR) is 89.9 cm³/mol. The Balaban J connectivity index is 1.72. The summed E-state index contributed by atoms with van der Waals surface area (Å²) < 4.78 is 40.5. The second kappa shape index (κ2) is 5.45. The molecular formula is C17H15FN2O4S. The lowest BCUT2D eigenvalue weighted by molar-refractivity contribution is -0.117. The fourth-order valence-electron chi connectivity index (χ4n) is 3.01. The van der Waals surface area contributed by atoms with Crippen molar-refractivity contribution in [3.63, 3.8) is 0 Å². The van der Waals surface area contributed by atoms with Crippen LogP contribution in [-0.4, -0.2) is 26.0 Å². The van der Waals surface area contributed by atoms with E-state index in [1.54, 1.807) is 4.72 Å². The SMILES string of the molecule is O=C1CN(c2c(O)cc(-c3ccc(C4CC4)cc3)cc2F)S(=O)(=O)N1. The van der Waals surface area contributed by atoms with Gasteiger partial charge in [0.15, 0.2) is 5.82 Å². The number of hydrogen-bond acceptors (Lipinski definition) is 4. The number of rotatable bonds is 3. The number of aromatic hydroxyl groups is 1. The van der Waals surface area contributed by atoms with Crippen molar-refractivity contribution in [1.29, 1.82) is 0 Å². The molecule has 2 aromatic carbocycles. The maximum absolute atomic E-state index is 14.5. The maximum Gasteiger partial charge on any atom is 0.326 e. The molecule has 130 valence electrons. The van der Waals surface area contributed by atoms with Gasteiger partial charge in [-0.1, -0.05) is 24.3 Å². The molecule has 4 rings (SSSR count). The maximum atomic E-state index is 14.5. The van der Waals surface area contributed by atoms with Gasteiger partial charge in [0.2, 0.25) is 0 Å². The van der Waals surface area contributed by atoms with Crippen LogP contribution in [0.25, 0.3) is 11.1 Å². The minimum absolute atomic E-state index is 0.428. The molecule has 0 atom stereocenters. The van der Waals surface area contributed by atoms with E-state index >= 15 is 0 Å². The molecule has 1 heterocycles. The first-order chi connectivity index (χ1) is 11.8. The summed E-state index contributed by atoms with van der Waals surface area (Å²) in [7, 11) is -4.19. The standard InChI is InChI=1S/C17H15FN2O4S/c18-14-7-13(12-5-3-11(4-6-12)10-1-2-10)8-15(21)17(14)20-9-16(22)19-25(20,23)24/h3-8,10,21H,1-2,9H2,(H,19,22). The van der Waals surface area contributed by atoms with Gasteiger partial charge < -0.3 is 5.11 Å². The summed E-state index contributed by atoms with van der Waals surface area (Å²) in [5.41, 5.74) is 1.84. The summed E-state index contributed by atoms with van der Waals surface area (Å²) in [6.07, 6.45) is 2.36. The third kappa shape index (κ3) is 2.82. The Morgan fingerprint density at radius 3 is 2.32 bits per heavy atom. The molecule has 1 saturated heterocycles. The fraction of sp³-hybridized carbons (Fsp3) is 0.235. The lowest BCUT2D eigenvalue weighted by atomic mass is 10.0. The van der Waals surface area contributed by atoms with Crippen LogP contribution in [0.2, 0.25) is 0 Å². The van der Waals surface area contributed by atoms with Crippen molar-refractivity contribution >= 4 is 21.8 Å². The lowest BCUT2D eigenvalue weighted by Gasteiger charge is -2.18. The average molecular weight is 362 g/mol. The molecule has 0 aromatic heterocycles. The molecule has 8 heteroatoms. The van der Waals surface area contributed by atoms with Crippen LogP contribution in [0, 0.1) is 5.82 Å². The number of nitrogens with one attached hydrogen (secondary N) is 1. The van der Waals surface area contributed by atoms with Crippen LogP contribution in [0.4, 0.5) is 10.1 Å². The molecule has 1 aliphatic heterocycles. The number of hydrogen-bond donors (Lipinski definition) is 2. The van der Waals surface area contributed by atoms with Gasteiger partial charge >= 0.3 is 10.2 Å². The van der Waals surface area contributed by atoms with Gasteiger partial charge in [0.25, 0.3) is 5.91 Å². The molecular weight excluding hydrogens is 347 g/mol. The van der Waals surface area contributed by atoms with E-state index < -0.39 is 39.9 Å². The molecule has 6 nitrogen and oxygen atoms in total.